The fourth-order valence-corrected chi connectivity index (χ4v) is 3.09. The summed E-state index contributed by atoms with van der Waals surface area (Å²) >= 11 is 0. The molecule has 0 fully saturated rings. The molecule has 0 unspecified atom stereocenters. The minimum atomic E-state index is -0.0849. The Morgan fingerprint density at radius 1 is 0.710 bits per heavy atom. The minimum absolute atomic E-state index is 0.0849. The third-order valence-corrected chi connectivity index (χ3v) is 5.44. The fourth-order valence-electron chi connectivity index (χ4n) is 3.09. The second kappa shape index (κ2) is 13.0. The van der Waals surface area contributed by atoms with E-state index in [4.69, 9.17) is 9.47 Å². The highest BCUT2D eigenvalue weighted by atomic mass is 16.5. The van der Waals surface area contributed by atoms with E-state index in [9.17, 15) is 9.59 Å². The third-order valence-electron chi connectivity index (χ3n) is 5.44. The molecule has 1 amide bonds. The quantitative estimate of drug-likeness (QED) is 0.372. The van der Waals surface area contributed by atoms with Crippen molar-refractivity contribution in [1.82, 2.24) is 5.32 Å². The van der Waals surface area contributed by atoms with E-state index in [0.717, 1.165) is 29.5 Å². The Labute approximate surface area is 186 Å². The molecule has 0 aromatic heterocycles. The number of ketones is 1. The summed E-state index contributed by atoms with van der Waals surface area (Å²) in [4.78, 5) is 24.3. The number of ether oxygens (including phenoxy) is 2. The summed E-state index contributed by atoms with van der Waals surface area (Å²) in [5.74, 6) is 0.104. The molecule has 0 aliphatic carbocycles. The summed E-state index contributed by atoms with van der Waals surface area (Å²) in [5.41, 5.74) is 6.10. The Hall–Kier alpha value is -2.50. The number of Topliss-reactive ketones (excluding diaryl/α,β-unsaturated/α-hetero) is 1. The molecule has 5 nitrogen and oxygen atoms in total. The molecule has 0 radical (unpaired) electrons. The molecule has 0 spiro atoms. The van der Waals surface area contributed by atoms with Gasteiger partial charge in [0.15, 0.2) is 5.78 Å². The van der Waals surface area contributed by atoms with Crippen molar-refractivity contribution in [2.45, 2.75) is 47.0 Å². The van der Waals surface area contributed by atoms with E-state index in [0.29, 0.717) is 45.0 Å². The van der Waals surface area contributed by atoms with Crippen molar-refractivity contribution < 1.29 is 19.1 Å². The maximum atomic E-state index is 12.2. The van der Waals surface area contributed by atoms with Crippen molar-refractivity contribution in [1.29, 1.82) is 0 Å². The third kappa shape index (κ3) is 8.64. The lowest BCUT2D eigenvalue weighted by Gasteiger charge is -2.08. The van der Waals surface area contributed by atoms with Gasteiger partial charge >= 0.3 is 0 Å². The average molecular weight is 426 g/mol. The lowest BCUT2D eigenvalue weighted by Crippen LogP contribution is -2.27. The van der Waals surface area contributed by atoms with Crippen LogP contribution < -0.4 is 5.32 Å². The number of unbranched alkanes of at least 4 members (excludes halogenated alkanes) is 1. The predicted octanol–water partition coefficient (Wildman–Crippen LogP) is 4.74. The number of hydrogen-bond donors (Lipinski definition) is 1. The van der Waals surface area contributed by atoms with E-state index in [-0.39, 0.29) is 11.7 Å². The molecule has 31 heavy (non-hydrogen) atoms. The van der Waals surface area contributed by atoms with Gasteiger partial charge in [-0.2, -0.15) is 0 Å². The van der Waals surface area contributed by atoms with Crippen LogP contribution in [0.1, 0.15) is 62.2 Å². The first-order valence-electron chi connectivity index (χ1n) is 11.0. The number of nitrogens with one attached hydrogen (secondary N) is 1. The van der Waals surface area contributed by atoms with Crippen LogP contribution in [0.3, 0.4) is 0 Å². The van der Waals surface area contributed by atoms with Gasteiger partial charge in [-0.05, 0) is 81.0 Å². The molecule has 2 aromatic rings. The molecule has 0 saturated heterocycles. The lowest BCUT2D eigenvalue weighted by atomic mass is 10.0. The Morgan fingerprint density at radius 2 is 1.29 bits per heavy atom. The number of carbonyl (C=O) groups excluding carboxylic acids is 2. The number of aryl methyl sites for hydroxylation is 4. The predicted molar refractivity (Wildman–Crippen MR) is 124 cm³/mol. The Morgan fingerprint density at radius 3 is 1.94 bits per heavy atom. The fraction of sp³-hybridized carbons (Fsp3) is 0.462. The number of carbonyl (C=O) groups is 2. The SMILES string of the molecule is Cc1ccc(C(=O)CCCCOCCOCCNC(=O)c2ccc(C)c(C)c2)cc1C. The summed E-state index contributed by atoms with van der Waals surface area (Å²) in [7, 11) is 0. The molecule has 0 aliphatic rings. The van der Waals surface area contributed by atoms with Crippen molar-refractivity contribution in [3.63, 3.8) is 0 Å². The Kier molecular flexibility index (Phi) is 10.4. The van der Waals surface area contributed by atoms with Crippen LogP contribution in [0.5, 0.6) is 0 Å². The second-order valence-electron chi connectivity index (χ2n) is 7.96. The van der Waals surface area contributed by atoms with E-state index < -0.39 is 0 Å². The number of hydrogen-bond acceptors (Lipinski definition) is 4. The highest BCUT2D eigenvalue weighted by Gasteiger charge is 2.07. The van der Waals surface area contributed by atoms with Gasteiger partial charge in [-0.3, -0.25) is 9.59 Å². The van der Waals surface area contributed by atoms with Gasteiger partial charge in [0.25, 0.3) is 5.91 Å². The van der Waals surface area contributed by atoms with Crippen molar-refractivity contribution in [3.05, 3.63) is 69.8 Å². The first-order chi connectivity index (χ1) is 14.9. The molecule has 2 aromatic carbocycles. The zero-order valence-corrected chi connectivity index (χ0v) is 19.3. The highest BCUT2D eigenvalue weighted by Crippen LogP contribution is 2.13. The van der Waals surface area contributed by atoms with E-state index in [1.54, 1.807) is 0 Å². The summed E-state index contributed by atoms with van der Waals surface area (Å²) < 4.78 is 11.0. The largest absolute Gasteiger partial charge is 0.379 e. The smallest absolute Gasteiger partial charge is 0.251 e. The molecular weight excluding hydrogens is 390 g/mol. The van der Waals surface area contributed by atoms with Gasteiger partial charge in [0.05, 0.1) is 19.8 Å². The summed E-state index contributed by atoms with van der Waals surface area (Å²) in [6.45, 7) is 10.6. The summed E-state index contributed by atoms with van der Waals surface area (Å²) in [6, 6.07) is 11.6. The minimum Gasteiger partial charge on any atom is -0.379 e. The maximum absolute atomic E-state index is 12.2. The Balaban J connectivity index is 1.46. The van der Waals surface area contributed by atoms with Crippen LogP contribution in [0.4, 0.5) is 0 Å². The van der Waals surface area contributed by atoms with Crippen LogP contribution in [0.15, 0.2) is 36.4 Å². The monoisotopic (exact) mass is 425 g/mol. The van der Waals surface area contributed by atoms with E-state index in [1.807, 2.05) is 64.1 Å². The molecule has 5 heteroatoms. The number of benzene rings is 2. The van der Waals surface area contributed by atoms with E-state index in [2.05, 4.69) is 5.32 Å². The van der Waals surface area contributed by atoms with E-state index >= 15 is 0 Å². The zero-order valence-electron chi connectivity index (χ0n) is 19.3. The van der Waals surface area contributed by atoms with Gasteiger partial charge in [-0.25, -0.2) is 0 Å². The highest BCUT2D eigenvalue weighted by molar-refractivity contribution is 5.96. The van der Waals surface area contributed by atoms with Crippen LogP contribution in [-0.2, 0) is 9.47 Å². The molecular formula is C26H35NO4. The van der Waals surface area contributed by atoms with Crippen LogP contribution >= 0.6 is 0 Å². The maximum Gasteiger partial charge on any atom is 0.251 e. The van der Waals surface area contributed by atoms with Crippen molar-refractivity contribution in [2.24, 2.45) is 0 Å². The molecule has 168 valence electrons. The van der Waals surface area contributed by atoms with Gasteiger partial charge in [0.2, 0.25) is 0 Å². The van der Waals surface area contributed by atoms with Crippen LogP contribution in [0.25, 0.3) is 0 Å². The van der Waals surface area contributed by atoms with Gasteiger partial charge < -0.3 is 14.8 Å². The van der Waals surface area contributed by atoms with Crippen molar-refractivity contribution in [3.8, 4) is 0 Å². The van der Waals surface area contributed by atoms with Crippen LogP contribution in [0, 0.1) is 27.7 Å². The molecule has 1 N–H and O–H groups in total. The molecule has 0 heterocycles. The van der Waals surface area contributed by atoms with Gasteiger partial charge in [-0.1, -0.05) is 18.2 Å². The average Bonchev–Trinajstić information content (AvgIpc) is 2.75. The summed E-state index contributed by atoms with van der Waals surface area (Å²) in [6.07, 6.45) is 2.21. The van der Waals surface area contributed by atoms with Gasteiger partial charge in [-0.15, -0.1) is 0 Å². The normalized spacial score (nSPS) is 10.8. The van der Waals surface area contributed by atoms with Crippen LogP contribution in [-0.4, -0.2) is 44.7 Å². The topological polar surface area (TPSA) is 64.6 Å². The molecule has 0 saturated carbocycles. The van der Waals surface area contributed by atoms with Crippen LogP contribution in [0.2, 0.25) is 0 Å². The molecule has 2 rings (SSSR count). The number of rotatable bonds is 13. The number of amides is 1. The first kappa shape index (κ1) is 24.8. The second-order valence-corrected chi connectivity index (χ2v) is 7.96. The standard InChI is InChI=1S/C26H35NO4/c1-19-8-10-23(17-21(19)3)25(28)7-5-6-13-30-15-16-31-14-12-27-26(29)24-11-9-20(2)22(4)18-24/h8-11,17-18H,5-7,12-16H2,1-4H3,(H,27,29). The van der Waals surface area contributed by atoms with Gasteiger partial charge in [0, 0.05) is 30.7 Å². The first-order valence-corrected chi connectivity index (χ1v) is 11.0. The van der Waals surface area contributed by atoms with Crippen molar-refractivity contribution >= 4 is 11.7 Å². The zero-order chi connectivity index (χ0) is 22.6. The molecule has 0 bridgehead atoms. The van der Waals surface area contributed by atoms with Crippen molar-refractivity contribution in [2.75, 3.05) is 33.0 Å². The molecule has 0 aliphatic heterocycles. The molecule has 0 atom stereocenters. The summed E-state index contributed by atoms with van der Waals surface area (Å²) in [5, 5.41) is 2.86. The van der Waals surface area contributed by atoms with E-state index in [1.165, 1.54) is 11.1 Å². The lowest BCUT2D eigenvalue weighted by molar-refractivity contribution is 0.0467. The van der Waals surface area contributed by atoms with Gasteiger partial charge in [0.1, 0.15) is 0 Å². The Bertz CT molecular complexity index is 804.